The summed E-state index contributed by atoms with van der Waals surface area (Å²) in [5.41, 5.74) is 2.66. The highest BCUT2D eigenvalue weighted by Crippen LogP contribution is 2.30. The Bertz CT molecular complexity index is 1170. The minimum atomic E-state index is -0.432. The van der Waals surface area contributed by atoms with Crippen molar-refractivity contribution in [2.45, 2.75) is 5.22 Å². The third-order valence-corrected chi connectivity index (χ3v) is 4.93. The van der Waals surface area contributed by atoms with E-state index in [9.17, 15) is 10.1 Å². The SMILES string of the molecule is COc1ccc(N=C(Sc2nc3ccccc3o2)c2cccc([N+](=O)[O-])c2)cc1. The molecule has 3 aromatic carbocycles. The third kappa shape index (κ3) is 4.27. The Labute approximate surface area is 170 Å². The number of aliphatic imine (C=N–C) groups is 1. The lowest BCUT2D eigenvalue weighted by Crippen LogP contribution is -1.97. The number of non-ortho nitro benzene ring substituents is 1. The normalized spacial score (nSPS) is 11.6. The van der Waals surface area contributed by atoms with E-state index < -0.39 is 4.92 Å². The lowest BCUT2D eigenvalue weighted by molar-refractivity contribution is -0.384. The summed E-state index contributed by atoms with van der Waals surface area (Å²) in [7, 11) is 1.59. The van der Waals surface area contributed by atoms with Gasteiger partial charge in [-0.05, 0) is 48.2 Å². The molecule has 0 spiro atoms. The molecule has 1 heterocycles. The molecular weight excluding hydrogens is 390 g/mol. The molecule has 0 bridgehead atoms. The maximum atomic E-state index is 11.2. The van der Waals surface area contributed by atoms with Gasteiger partial charge >= 0.3 is 0 Å². The molecule has 0 fully saturated rings. The standard InChI is InChI=1S/C21H15N3O4S/c1-27-17-11-9-15(10-12-17)22-20(14-5-4-6-16(13-14)24(25)26)29-21-23-18-7-2-3-8-19(18)28-21/h2-13H,1H3. The molecule has 144 valence electrons. The molecule has 29 heavy (non-hydrogen) atoms. The number of ether oxygens (including phenoxy) is 1. The highest BCUT2D eigenvalue weighted by Gasteiger charge is 2.15. The molecular formula is C21H15N3O4S. The van der Waals surface area contributed by atoms with Crippen LogP contribution < -0.4 is 4.74 Å². The van der Waals surface area contributed by atoms with Crippen molar-refractivity contribution in [3.63, 3.8) is 0 Å². The first-order chi connectivity index (χ1) is 14.1. The van der Waals surface area contributed by atoms with Gasteiger partial charge in [-0.25, -0.2) is 9.98 Å². The molecule has 0 unspecified atom stereocenters. The van der Waals surface area contributed by atoms with Gasteiger partial charge in [-0.3, -0.25) is 10.1 Å². The van der Waals surface area contributed by atoms with Crippen molar-refractivity contribution in [2.75, 3.05) is 7.11 Å². The van der Waals surface area contributed by atoms with Crippen molar-refractivity contribution in [2.24, 2.45) is 4.99 Å². The first-order valence-electron chi connectivity index (χ1n) is 8.63. The Morgan fingerprint density at radius 1 is 1.10 bits per heavy atom. The summed E-state index contributed by atoms with van der Waals surface area (Å²) in [6.07, 6.45) is 0. The number of oxazole rings is 1. The van der Waals surface area contributed by atoms with Crippen LogP contribution in [0.4, 0.5) is 11.4 Å². The fourth-order valence-electron chi connectivity index (χ4n) is 2.65. The van der Waals surface area contributed by atoms with Gasteiger partial charge in [0.05, 0.1) is 17.7 Å². The summed E-state index contributed by atoms with van der Waals surface area (Å²) in [4.78, 5) is 19.9. The Kier molecular flexibility index (Phi) is 5.26. The highest BCUT2D eigenvalue weighted by atomic mass is 32.2. The zero-order valence-electron chi connectivity index (χ0n) is 15.3. The second-order valence-electron chi connectivity index (χ2n) is 5.97. The number of fused-ring (bicyclic) bond motifs is 1. The van der Waals surface area contributed by atoms with Crippen LogP contribution in [0.5, 0.6) is 5.75 Å². The molecule has 0 amide bonds. The van der Waals surface area contributed by atoms with Crippen LogP contribution >= 0.6 is 11.8 Å². The van der Waals surface area contributed by atoms with E-state index in [0.717, 1.165) is 5.52 Å². The first-order valence-corrected chi connectivity index (χ1v) is 9.45. The Morgan fingerprint density at radius 3 is 2.62 bits per heavy atom. The zero-order chi connectivity index (χ0) is 20.2. The summed E-state index contributed by atoms with van der Waals surface area (Å²) < 4.78 is 11.0. The van der Waals surface area contributed by atoms with Crippen molar-refractivity contribution in [3.05, 3.63) is 88.5 Å². The highest BCUT2D eigenvalue weighted by molar-refractivity contribution is 8.14. The lowest BCUT2D eigenvalue weighted by atomic mass is 10.2. The van der Waals surface area contributed by atoms with Crippen molar-refractivity contribution < 1.29 is 14.1 Å². The van der Waals surface area contributed by atoms with E-state index in [1.165, 1.54) is 23.9 Å². The van der Waals surface area contributed by atoms with E-state index in [0.29, 0.717) is 32.8 Å². The molecule has 7 nitrogen and oxygen atoms in total. The summed E-state index contributed by atoms with van der Waals surface area (Å²) >= 11 is 1.21. The molecule has 0 saturated heterocycles. The Balaban J connectivity index is 1.76. The number of nitro benzene ring substituents is 1. The smallest absolute Gasteiger partial charge is 0.270 e. The summed E-state index contributed by atoms with van der Waals surface area (Å²) in [5.74, 6) is 0.715. The number of thioether (sulfide) groups is 1. The second-order valence-corrected chi connectivity index (χ2v) is 6.91. The molecule has 4 aromatic rings. The number of hydrogen-bond acceptors (Lipinski definition) is 7. The molecule has 1 aromatic heterocycles. The van der Waals surface area contributed by atoms with Gasteiger partial charge in [0, 0.05) is 17.7 Å². The van der Waals surface area contributed by atoms with E-state index >= 15 is 0 Å². The number of para-hydroxylation sites is 2. The number of nitrogens with zero attached hydrogens (tertiary/aromatic N) is 3. The lowest BCUT2D eigenvalue weighted by Gasteiger charge is -2.05. The van der Waals surface area contributed by atoms with Crippen LogP contribution in [-0.4, -0.2) is 22.1 Å². The van der Waals surface area contributed by atoms with E-state index in [4.69, 9.17) is 9.15 Å². The molecule has 0 aliphatic carbocycles. The monoisotopic (exact) mass is 405 g/mol. The predicted molar refractivity (Wildman–Crippen MR) is 112 cm³/mol. The molecule has 0 aliphatic heterocycles. The van der Waals surface area contributed by atoms with Gasteiger partial charge in [0.25, 0.3) is 10.9 Å². The fourth-order valence-corrected chi connectivity index (χ4v) is 3.49. The number of rotatable bonds is 5. The number of hydrogen-bond donors (Lipinski definition) is 0. The molecule has 4 rings (SSSR count). The largest absolute Gasteiger partial charge is 0.497 e. The molecule has 0 atom stereocenters. The minimum Gasteiger partial charge on any atom is -0.497 e. The van der Waals surface area contributed by atoms with Gasteiger partial charge in [0.2, 0.25) is 0 Å². The number of aromatic nitrogens is 1. The van der Waals surface area contributed by atoms with Crippen molar-refractivity contribution in [1.82, 2.24) is 4.98 Å². The maximum absolute atomic E-state index is 11.2. The van der Waals surface area contributed by atoms with Gasteiger partial charge in [-0.1, -0.05) is 24.3 Å². The number of nitro groups is 1. The summed E-state index contributed by atoms with van der Waals surface area (Å²) in [6.45, 7) is 0. The summed E-state index contributed by atoms with van der Waals surface area (Å²) in [5, 5.41) is 12.1. The molecule has 0 aliphatic rings. The Hall–Kier alpha value is -3.65. The predicted octanol–water partition coefficient (Wildman–Crippen LogP) is 5.62. The van der Waals surface area contributed by atoms with E-state index in [1.807, 2.05) is 36.4 Å². The van der Waals surface area contributed by atoms with Gasteiger partial charge < -0.3 is 9.15 Å². The molecule has 0 radical (unpaired) electrons. The fraction of sp³-hybridized carbons (Fsp3) is 0.0476. The zero-order valence-corrected chi connectivity index (χ0v) is 16.1. The average molecular weight is 405 g/mol. The number of methoxy groups -OCH3 is 1. The third-order valence-electron chi connectivity index (χ3n) is 4.07. The van der Waals surface area contributed by atoms with Crippen LogP contribution in [0.15, 0.2) is 87.4 Å². The van der Waals surface area contributed by atoms with Gasteiger partial charge in [-0.2, -0.15) is 0 Å². The van der Waals surface area contributed by atoms with Gasteiger partial charge in [-0.15, -0.1) is 0 Å². The molecule has 0 saturated carbocycles. The second kappa shape index (κ2) is 8.15. The van der Waals surface area contributed by atoms with Crippen molar-refractivity contribution >= 4 is 39.3 Å². The van der Waals surface area contributed by atoms with E-state index in [-0.39, 0.29) is 5.69 Å². The molecule has 8 heteroatoms. The van der Waals surface area contributed by atoms with Crippen LogP contribution in [0.3, 0.4) is 0 Å². The minimum absolute atomic E-state index is 0.0110. The van der Waals surface area contributed by atoms with Crippen LogP contribution in [0.1, 0.15) is 5.56 Å². The van der Waals surface area contributed by atoms with Crippen molar-refractivity contribution in [3.8, 4) is 5.75 Å². The van der Waals surface area contributed by atoms with Crippen LogP contribution in [-0.2, 0) is 0 Å². The first kappa shape index (κ1) is 18.7. The van der Waals surface area contributed by atoms with Gasteiger partial charge in [0.1, 0.15) is 16.3 Å². The van der Waals surface area contributed by atoms with Gasteiger partial charge in [0.15, 0.2) is 5.58 Å². The topological polar surface area (TPSA) is 90.8 Å². The molecule has 0 N–H and O–H groups in total. The maximum Gasteiger partial charge on any atom is 0.270 e. The Morgan fingerprint density at radius 2 is 1.90 bits per heavy atom. The van der Waals surface area contributed by atoms with Crippen LogP contribution in [0.2, 0.25) is 0 Å². The van der Waals surface area contributed by atoms with E-state index in [1.54, 1.807) is 31.4 Å². The van der Waals surface area contributed by atoms with Crippen LogP contribution in [0.25, 0.3) is 11.1 Å². The quantitative estimate of drug-likeness (QED) is 0.141. The van der Waals surface area contributed by atoms with Crippen LogP contribution in [0, 0.1) is 10.1 Å². The summed E-state index contributed by atoms with van der Waals surface area (Å²) in [6, 6.07) is 21.0. The van der Waals surface area contributed by atoms with E-state index in [2.05, 4.69) is 9.98 Å². The van der Waals surface area contributed by atoms with Crippen molar-refractivity contribution in [1.29, 1.82) is 0 Å². The number of benzene rings is 3. The average Bonchev–Trinajstić information content (AvgIpc) is 3.16.